The molecule has 1 aliphatic heterocycles. The second-order valence-corrected chi connectivity index (χ2v) is 6.64. The fourth-order valence-electron chi connectivity index (χ4n) is 3.13. The largest absolute Gasteiger partial charge is 0.471 e. The second kappa shape index (κ2) is 7.77. The number of carbonyl (C=O) groups excluding carboxylic acids is 2. The highest BCUT2D eigenvalue weighted by Crippen LogP contribution is 2.19. The van der Waals surface area contributed by atoms with Crippen LogP contribution in [0.2, 0.25) is 0 Å². The number of nitrogens with zero attached hydrogens (tertiary/aromatic N) is 2. The van der Waals surface area contributed by atoms with Gasteiger partial charge in [-0.1, -0.05) is 0 Å². The first kappa shape index (κ1) is 18.9. The number of amides is 2. The molecule has 0 spiro atoms. The molecule has 0 radical (unpaired) electrons. The van der Waals surface area contributed by atoms with E-state index < -0.39 is 11.6 Å². The summed E-state index contributed by atoms with van der Waals surface area (Å²) in [4.78, 5) is 28.3. The van der Waals surface area contributed by atoms with Crippen LogP contribution in [-0.2, 0) is 11.2 Å². The summed E-state index contributed by atoms with van der Waals surface area (Å²) in [6.07, 6.45) is 3.29. The van der Waals surface area contributed by atoms with Crippen molar-refractivity contribution in [3.8, 4) is 0 Å². The molecule has 1 aliphatic rings. The van der Waals surface area contributed by atoms with E-state index >= 15 is 0 Å². The summed E-state index contributed by atoms with van der Waals surface area (Å²) < 4.78 is 32.5. The first-order chi connectivity index (χ1) is 12.9. The molecule has 8 heteroatoms. The Kier molecular flexibility index (Phi) is 5.43. The van der Waals surface area contributed by atoms with Crippen molar-refractivity contribution in [2.24, 2.45) is 0 Å². The normalized spacial score (nSPS) is 14.9. The number of benzene rings is 1. The van der Waals surface area contributed by atoms with Gasteiger partial charge in [0.2, 0.25) is 5.91 Å². The van der Waals surface area contributed by atoms with Gasteiger partial charge in [-0.3, -0.25) is 9.59 Å². The van der Waals surface area contributed by atoms with Crippen molar-refractivity contribution < 1.29 is 22.8 Å². The molecule has 0 unspecified atom stereocenters. The third-order valence-corrected chi connectivity index (χ3v) is 4.73. The van der Waals surface area contributed by atoms with Gasteiger partial charge in [0.05, 0.1) is 23.9 Å². The lowest BCUT2D eigenvalue weighted by molar-refractivity contribution is -0.130. The third-order valence-electron chi connectivity index (χ3n) is 4.73. The van der Waals surface area contributed by atoms with E-state index in [4.69, 9.17) is 10.2 Å². The first-order valence-electron chi connectivity index (χ1n) is 8.70. The van der Waals surface area contributed by atoms with E-state index in [1.54, 1.807) is 16.7 Å². The Morgan fingerprint density at radius 1 is 1.07 bits per heavy atom. The number of hydrogen-bond acceptors (Lipinski definition) is 4. The van der Waals surface area contributed by atoms with E-state index in [0.717, 1.165) is 17.7 Å². The highest BCUT2D eigenvalue weighted by Gasteiger charge is 2.25. The molecule has 0 atom stereocenters. The summed E-state index contributed by atoms with van der Waals surface area (Å²) in [5.74, 6) is -1.90. The van der Waals surface area contributed by atoms with Crippen molar-refractivity contribution in [1.82, 2.24) is 9.80 Å². The number of nitrogen functional groups attached to an aromatic ring is 1. The summed E-state index contributed by atoms with van der Waals surface area (Å²) in [6, 6.07) is 1.84. The molecule has 2 aromatic rings. The summed E-state index contributed by atoms with van der Waals surface area (Å²) in [7, 11) is 0. The number of anilines is 1. The monoisotopic (exact) mass is 377 g/mol. The van der Waals surface area contributed by atoms with Crippen LogP contribution in [0.3, 0.4) is 0 Å². The Morgan fingerprint density at radius 2 is 1.78 bits per heavy atom. The van der Waals surface area contributed by atoms with Crippen LogP contribution in [0.4, 0.5) is 14.5 Å². The average molecular weight is 377 g/mol. The van der Waals surface area contributed by atoms with Gasteiger partial charge in [0.15, 0.2) is 0 Å². The Balaban J connectivity index is 1.64. The van der Waals surface area contributed by atoms with Gasteiger partial charge >= 0.3 is 0 Å². The Bertz CT molecular complexity index is 866. The predicted molar refractivity (Wildman–Crippen MR) is 95.0 cm³/mol. The van der Waals surface area contributed by atoms with Crippen LogP contribution in [-0.4, -0.2) is 47.8 Å². The Hall–Kier alpha value is -2.90. The van der Waals surface area contributed by atoms with Gasteiger partial charge in [0, 0.05) is 37.8 Å². The minimum absolute atomic E-state index is 0.0297. The number of furan rings is 1. The minimum atomic E-state index is -0.748. The highest BCUT2D eigenvalue weighted by atomic mass is 19.1. The van der Waals surface area contributed by atoms with E-state index in [1.807, 2.05) is 0 Å². The van der Waals surface area contributed by atoms with Crippen LogP contribution in [0.15, 0.2) is 29.1 Å². The summed E-state index contributed by atoms with van der Waals surface area (Å²) in [6.45, 7) is 3.46. The van der Waals surface area contributed by atoms with Gasteiger partial charge in [0.25, 0.3) is 5.91 Å². The maximum absolute atomic E-state index is 13.9. The van der Waals surface area contributed by atoms with Gasteiger partial charge in [-0.25, -0.2) is 8.78 Å². The molecule has 0 aliphatic carbocycles. The van der Waals surface area contributed by atoms with Gasteiger partial charge in [-0.2, -0.15) is 0 Å². The summed E-state index contributed by atoms with van der Waals surface area (Å²) >= 11 is 0. The molecule has 1 fully saturated rings. The van der Waals surface area contributed by atoms with Crippen LogP contribution >= 0.6 is 0 Å². The van der Waals surface area contributed by atoms with Gasteiger partial charge in [-0.15, -0.1) is 0 Å². The third kappa shape index (κ3) is 4.10. The minimum Gasteiger partial charge on any atom is -0.471 e. The molecule has 1 saturated heterocycles. The Labute approximate surface area is 155 Å². The van der Waals surface area contributed by atoms with Crippen LogP contribution < -0.4 is 5.73 Å². The van der Waals surface area contributed by atoms with E-state index in [0.29, 0.717) is 38.2 Å². The summed E-state index contributed by atoms with van der Waals surface area (Å²) in [5.41, 5.74) is 6.27. The van der Waals surface area contributed by atoms with E-state index in [1.165, 1.54) is 12.5 Å². The Morgan fingerprint density at radius 3 is 2.48 bits per heavy atom. The number of hydrogen-bond donors (Lipinski definition) is 1. The topological polar surface area (TPSA) is 79.8 Å². The molecule has 6 nitrogen and oxygen atoms in total. The maximum atomic E-state index is 13.9. The van der Waals surface area contributed by atoms with Gasteiger partial charge < -0.3 is 20.0 Å². The molecule has 2 N–H and O–H groups in total. The number of halogens is 2. The molecule has 27 heavy (non-hydrogen) atoms. The van der Waals surface area contributed by atoms with E-state index in [9.17, 15) is 18.4 Å². The zero-order valence-electron chi connectivity index (χ0n) is 15.0. The summed E-state index contributed by atoms with van der Waals surface area (Å²) in [5, 5.41) is 0. The van der Waals surface area contributed by atoms with E-state index in [2.05, 4.69) is 0 Å². The quantitative estimate of drug-likeness (QED) is 0.833. The van der Waals surface area contributed by atoms with Crippen molar-refractivity contribution in [2.75, 3.05) is 31.9 Å². The lowest BCUT2D eigenvalue weighted by Gasteiger charge is -2.22. The predicted octanol–water partition coefficient (Wildman–Crippen LogP) is 2.37. The van der Waals surface area contributed by atoms with Crippen molar-refractivity contribution in [3.63, 3.8) is 0 Å². The zero-order valence-corrected chi connectivity index (χ0v) is 15.0. The van der Waals surface area contributed by atoms with Crippen molar-refractivity contribution in [1.29, 1.82) is 0 Å². The molecule has 2 heterocycles. The van der Waals surface area contributed by atoms with Gasteiger partial charge in [-0.05, 0) is 25.0 Å². The lowest BCUT2D eigenvalue weighted by atomic mass is 10.1. The van der Waals surface area contributed by atoms with Crippen LogP contribution in [0.1, 0.15) is 27.9 Å². The fourth-order valence-corrected chi connectivity index (χ4v) is 3.13. The van der Waals surface area contributed by atoms with Crippen molar-refractivity contribution in [2.45, 2.75) is 19.8 Å². The fraction of sp³-hybridized carbons (Fsp3) is 0.368. The van der Waals surface area contributed by atoms with Crippen molar-refractivity contribution >= 4 is 17.5 Å². The van der Waals surface area contributed by atoms with Gasteiger partial charge in [0.1, 0.15) is 17.9 Å². The molecular weight excluding hydrogens is 356 g/mol. The average Bonchev–Trinajstić information content (AvgIpc) is 2.90. The maximum Gasteiger partial charge on any atom is 0.257 e. The van der Waals surface area contributed by atoms with Crippen LogP contribution in [0.5, 0.6) is 0 Å². The highest BCUT2D eigenvalue weighted by molar-refractivity contribution is 5.95. The van der Waals surface area contributed by atoms with Crippen LogP contribution in [0.25, 0.3) is 0 Å². The molecule has 144 valence electrons. The lowest BCUT2D eigenvalue weighted by Crippen LogP contribution is -2.38. The number of carbonyl (C=O) groups is 2. The standard InChI is InChI=1S/C19H21F2N3O3/c1-12-10-27-11-14(12)19(26)24-4-2-3-23(5-6-24)18(25)8-13-7-16(21)17(22)9-15(13)20/h7,9-11H,2-6,8,22H2,1H3. The van der Waals surface area contributed by atoms with Crippen molar-refractivity contribution in [3.05, 3.63) is 53.0 Å². The molecular formula is C19H21F2N3O3. The SMILES string of the molecule is Cc1cocc1C(=O)N1CCCN(C(=O)Cc2cc(F)c(N)cc2F)CC1. The molecule has 1 aromatic heterocycles. The smallest absolute Gasteiger partial charge is 0.257 e. The second-order valence-electron chi connectivity index (χ2n) is 6.64. The molecule has 1 aromatic carbocycles. The number of rotatable bonds is 3. The van der Waals surface area contributed by atoms with Crippen LogP contribution in [0, 0.1) is 18.6 Å². The van der Waals surface area contributed by atoms with E-state index in [-0.39, 0.29) is 29.5 Å². The molecule has 0 saturated carbocycles. The number of aryl methyl sites for hydroxylation is 1. The zero-order chi connectivity index (χ0) is 19.6. The molecule has 2 amide bonds. The number of nitrogens with two attached hydrogens (primary N) is 1. The molecule has 0 bridgehead atoms. The molecule has 3 rings (SSSR count). The first-order valence-corrected chi connectivity index (χ1v) is 8.70.